The summed E-state index contributed by atoms with van der Waals surface area (Å²) in [7, 11) is 0. The van der Waals surface area contributed by atoms with Gasteiger partial charge in [-0.05, 0) is 18.4 Å². The van der Waals surface area contributed by atoms with E-state index >= 15 is 0 Å². The van der Waals surface area contributed by atoms with E-state index < -0.39 is 0 Å². The lowest BCUT2D eigenvalue weighted by Gasteiger charge is -2.06. The number of hydrogen-bond donors (Lipinski definition) is 2. The Kier molecular flexibility index (Phi) is 5.70. The standard InChI is InChI=1S/C16H20N4O/c1-2-9-17-15-12-19-14(11-20-15)16(21)18-10-8-13-6-4-3-5-7-13/h3-7,11-12H,2,8-10H2,1H3,(H,17,20)(H,18,21). The van der Waals surface area contributed by atoms with Gasteiger partial charge in [-0.15, -0.1) is 0 Å². The molecule has 0 aliphatic rings. The molecule has 0 saturated heterocycles. The first-order chi connectivity index (χ1) is 10.3. The fourth-order valence-corrected chi connectivity index (χ4v) is 1.85. The van der Waals surface area contributed by atoms with E-state index in [1.165, 1.54) is 11.8 Å². The quantitative estimate of drug-likeness (QED) is 0.818. The van der Waals surface area contributed by atoms with E-state index in [4.69, 9.17) is 0 Å². The topological polar surface area (TPSA) is 66.9 Å². The summed E-state index contributed by atoms with van der Waals surface area (Å²) in [5, 5.41) is 5.97. The Bertz CT molecular complexity index is 554. The molecule has 1 heterocycles. The van der Waals surface area contributed by atoms with Gasteiger partial charge in [0.2, 0.25) is 0 Å². The third-order valence-electron chi connectivity index (χ3n) is 2.98. The van der Waals surface area contributed by atoms with Gasteiger partial charge in [0.05, 0.1) is 12.4 Å². The molecule has 0 fully saturated rings. The molecule has 0 atom stereocenters. The highest BCUT2D eigenvalue weighted by Crippen LogP contribution is 2.02. The predicted octanol–water partition coefficient (Wildman–Crippen LogP) is 2.27. The summed E-state index contributed by atoms with van der Waals surface area (Å²) in [5.41, 5.74) is 1.54. The van der Waals surface area contributed by atoms with Gasteiger partial charge in [-0.1, -0.05) is 37.3 Å². The van der Waals surface area contributed by atoms with Crippen LogP contribution in [0.5, 0.6) is 0 Å². The van der Waals surface area contributed by atoms with Crippen molar-refractivity contribution in [3.8, 4) is 0 Å². The van der Waals surface area contributed by atoms with Crippen LogP contribution >= 0.6 is 0 Å². The van der Waals surface area contributed by atoms with Crippen molar-refractivity contribution >= 4 is 11.7 Å². The Balaban J connectivity index is 1.80. The van der Waals surface area contributed by atoms with Crippen LogP contribution in [0, 0.1) is 0 Å². The van der Waals surface area contributed by atoms with Crippen molar-refractivity contribution in [1.82, 2.24) is 15.3 Å². The minimum Gasteiger partial charge on any atom is -0.369 e. The van der Waals surface area contributed by atoms with Crippen molar-refractivity contribution < 1.29 is 4.79 Å². The lowest BCUT2D eigenvalue weighted by molar-refractivity contribution is 0.0949. The van der Waals surface area contributed by atoms with Gasteiger partial charge in [-0.2, -0.15) is 0 Å². The Morgan fingerprint density at radius 3 is 2.57 bits per heavy atom. The van der Waals surface area contributed by atoms with E-state index in [2.05, 4.69) is 27.5 Å². The largest absolute Gasteiger partial charge is 0.369 e. The maximum absolute atomic E-state index is 11.9. The van der Waals surface area contributed by atoms with Crippen LogP contribution in [0.2, 0.25) is 0 Å². The van der Waals surface area contributed by atoms with Gasteiger partial charge < -0.3 is 10.6 Å². The number of nitrogens with zero attached hydrogens (tertiary/aromatic N) is 2. The van der Waals surface area contributed by atoms with Crippen molar-refractivity contribution in [1.29, 1.82) is 0 Å². The summed E-state index contributed by atoms with van der Waals surface area (Å²) in [6, 6.07) is 10.0. The van der Waals surface area contributed by atoms with Crippen LogP contribution in [0.15, 0.2) is 42.7 Å². The molecule has 0 spiro atoms. The monoisotopic (exact) mass is 284 g/mol. The highest BCUT2D eigenvalue weighted by Gasteiger charge is 2.07. The van der Waals surface area contributed by atoms with Crippen molar-refractivity contribution in [3.63, 3.8) is 0 Å². The molecule has 1 aromatic heterocycles. The first-order valence-electron chi connectivity index (χ1n) is 7.17. The van der Waals surface area contributed by atoms with Crippen molar-refractivity contribution in [3.05, 3.63) is 54.0 Å². The molecule has 0 aliphatic heterocycles. The lowest BCUT2D eigenvalue weighted by Crippen LogP contribution is -2.26. The normalized spacial score (nSPS) is 10.1. The third-order valence-corrected chi connectivity index (χ3v) is 2.98. The minimum absolute atomic E-state index is 0.194. The summed E-state index contributed by atoms with van der Waals surface area (Å²) in [6.07, 6.45) is 4.90. The van der Waals surface area contributed by atoms with E-state index in [0.29, 0.717) is 18.1 Å². The molecular weight excluding hydrogens is 264 g/mol. The van der Waals surface area contributed by atoms with Gasteiger partial charge in [-0.25, -0.2) is 9.97 Å². The van der Waals surface area contributed by atoms with Crippen LogP contribution in [0.4, 0.5) is 5.82 Å². The zero-order valence-corrected chi connectivity index (χ0v) is 12.2. The van der Waals surface area contributed by atoms with Crippen LogP contribution in [-0.2, 0) is 6.42 Å². The lowest BCUT2D eigenvalue weighted by atomic mass is 10.1. The molecule has 1 aromatic carbocycles. The first-order valence-corrected chi connectivity index (χ1v) is 7.17. The Labute approximate surface area is 124 Å². The highest BCUT2D eigenvalue weighted by atomic mass is 16.1. The molecule has 110 valence electrons. The molecular formula is C16H20N4O. The number of nitrogens with one attached hydrogen (secondary N) is 2. The zero-order chi connectivity index (χ0) is 14.9. The number of hydrogen-bond acceptors (Lipinski definition) is 4. The van der Waals surface area contributed by atoms with Crippen LogP contribution in [0.1, 0.15) is 29.4 Å². The van der Waals surface area contributed by atoms with E-state index in [0.717, 1.165) is 19.4 Å². The smallest absolute Gasteiger partial charge is 0.271 e. The average Bonchev–Trinajstić information content (AvgIpc) is 2.54. The van der Waals surface area contributed by atoms with Crippen molar-refractivity contribution in [2.24, 2.45) is 0 Å². The first kappa shape index (κ1) is 15.0. The molecule has 5 heteroatoms. The maximum Gasteiger partial charge on any atom is 0.271 e. The van der Waals surface area contributed by atoms with Gasteiger partial charge in [0.1, 0.15) is 11.5 Å². The average molecular weight is 284 g/mol. The number of aromatic nitrogens is 2. The number of rotatable bonds is 7. The number of benzene rings is 1. The zero-order valence-electron chi connectivity index (χ0n) is 12.2. The molecule has 2 N–H and O–H groups in total. The Hall–Kier alpha value is -2.43. The summed E-state index contributed by atoms with van der Waals surface area (Å²) < 4.78 is 0. The molecule has 21 heavy (non-hydrogen) atoms. The summed E-state index contributed by atoms with van der Waals surface area (Å²) in [4.78, 5) is 20.2. The second kappa shape index (κ2) is 7.99. The van der Waals surface area contributed by atoms with Gasteiger partial charge in [-0.3, -0.25) is 4.79 Å². The van der Waals surface area contributed by atoms with E-state index in [9.17, 15) is 4.79 Å². The predicted molar refractivity (Wildman–Crippen MR) is 83.3 cm³/mol. The number of amides is 1. The maximum atomic E-state index is 11.9. The van der Waals surface area contributed by atoms with Gasteiger partial charge in [0.25, 0.3) is 5.91 Å². The van der Waals surface area contributed by atoms with Gasteiger partial charge in [0.15, 0.2) is 0 Å². The molecule has 0 bridgehead atoms. The molecule has 2 aromatic rings. The summed E-state index contributed by atoms with van der Waals surface area (Å²) in [5.74, 6) is 0.498. The molecule has 1 amide bonds. The fourth-order valence-electron chi connectivity index (χ4n) is 1.85. The molecule has 0 saturated carbocycles. The van der Waals surface area contributed by atoms with Crippen LogP contribution < -0.4 is 10.6 Å². The van der Waals surface area contributed by atoms with Crippen LogP contribution in [-0.4, -0.2) is 29.0 Å². The number of carbonyl (C=O) groups is 1. The molecule has 5 nitrogen and oxygen atoms in total. The van der Waals surface area contributed by atoms with Crippen LogP contribution in [0.3, 0.4) is 0 Å². The summed E-state index contributed by atoms with van der Waals surface area (Å²) >= 11 is 0. The van der Waals surface area contributed by atoms with Gasteiger partial charge in [0, 0.05) is 13.1 Å². The molecule has 2 rings (SSSR count). The number of anilines is 1. The minimum atomic E-state index is -0.194. The third kappa shape index (κ3) is 4.87. The van der Waals surface area contributed by atoms with E-state index in [1.54, 1.807) is 6.20 Å². The fraction of sp³-hybridized carbons (Fsp3) is 0.312. The highest BCUT2D eigenvalue weighted by molar-refractivity contribution is 5.91. The number of carbonyl (C=O) groups excluding carboxylic acids is 1. The SMILES string of the molecule is CCCNc1cnc(C(=O)NCCc2ccccc2)cn1. The Morgan fingerprint density at radius 1 is 1.10 bits per heavy atom. The second-order valence-electron chi connectivity index (χ2n) is 4.71. The van der Waals surface area contributed by atoms with E-state index in [1.807, 2.05) is 30.3 Å². The Morgan fingerprint density at radius 2 is 1.90 bits per heavy atom. The molecule has 0 aliphatic carbocycles. The second-order valence-corrected chi connectivity index (χ2v) is 4.71. The van der Waals surface area contributed by atoms with Crippen molar-refractivity contribution in [2.45, 2.75) is 19.8 Å². The van der Waals surface area contributed by atoms with Crippen molar-refractivity contribution in [2.75, 3.05) is 18.4 Å². The molecule has 0 radical (unpaired) electrons. The van der Waals surface area contributed by atoms with Gasteiger partial charge >= 0.3 is 0 Å². The van der Waals surface area contributed by atoms with Crippen LogP contribution in [0.25, 0.3) is 0 Å². The van der Waals surface area contributed by atoms with E-state index in [-0.39, 0.29) is 5.91 Å². The summed E-state index contributed by atoms with van der Waals surface area (Å²) in [6.45, 7) is 3.51. The molecule has 0 unspecified atom stereocenters.